The molecule has 0 aliphatic carbocycles. The molecule has 1 aliphatic heterocycles. The van der Waals surface area contributed by atoms with Crippen LogP contribution in [0.4, 0.5) is 0 Å². The zero-order valence-electron chi connectivity index (χ0n) is 10.7. The van der Waals surface area contributed by atoms with E-state index in [2.05, 4.69) is 21.9 Å². The number of aryl methyl sites for hydroxylation is 1. The number of halogens is 1. The molecule has 0 bridgehead atoms. The van der Waals surface area contributed by atoms with Crippen LogP contribution in [0.3, 0.4) is 0 Å². The van der Waals surface area contributed by atoms with Crippen LogP contribution in [-0.2, 0) is 6.54 Å². The second kappa shape index (κ2) is 5.10. The summed E-state index contributed by atoms with van der Waals surface area (Å²) >= 11 is 0.222. The van der Waals surface area contributed by atoms with Crippen molar-refractivity contribution in [3.05, 3.63) is 26.7 Å². The van der Waals surface area contributed by atoms with Gasteiger partial charge in [0.25, 0.3) is 0 Å². The van der Waals surface area contributed by atoms with Gasteiger partial charge in [-0.1, -0.05) is 0 Å². The zero-order chi connectivity index (χ0) is 13.4. The fourth-order valence-electron chi connectivity index (χ4n) is 2.13. The second-order valence-electron chi connectivity index (χ2n) is 4.71. The maximum atomic E-state index is 11.9. The molecule has 2 aromatic heterocycles. The van der Waals surface area contributed by atoms with Crippen molar-refractivity contribution in [1.82, 2.24) is 19.5 Å². The summed E-state index contributed by atoms with van der Waals surface area (Å²) in [6, 6.07) is 0. The molecule has 0 aromatic carbocycles. The summed E-state index contributed by atoms with van der Waals surface area (Å²) < 4.78 is 3.36. The summed E-state index contributed by atoms with van der Waals surface area (Å²) in [5.41, 5.74) is 0.263. The van der Waals surface area contributed by atoms with E-state index in [4.69, 9.17) is 0 Å². The predicted octanol–water partition coefficient (Wildman–Crippen LogP) is -2.25. The van der Waals surface area contributed by atoms with E-state index in [0.717, 1.165) is 25.1 Å². The standard InChI is InChI=1S/C12H16IN4O2/c1-2-3-4-5-17-10-8(11(18)16-12(17)19)14-9(15-10)7-6-13-7/h7H,2-6H2,1H3,(H,14,15)(H,16,18,19)/q-1. The van der Waals surface area contributed by atoms with Crippen LogP contribution in [-0.4, -0.2) is 23.9 Å². The van der Waals surface area contributed by atoms with Crippen molar-refractivity contribution in [3.8, 4) is 0 Å². The van der Waals surface area contributed by atoms with Gasteiger partial charge in [-0.3, -0.25) is 0 Å². The summed E-state index contributed by atoms with van der Waals surface area (Å²) in [6.07, 6.45) is 3.09. The molecule has 1 unspecified atom stereocenters. The van der Waals surface area contributed by atoms with Crippen molar-refractivity contribution in [1.29, 1.82) is 0 Å². The first-order valence-corrected chi connectivity index (χ1v) is 9.28. The molecule has 19 heavy (non-hydrogen) atoms. The van der Waals surface area contributed by atoms with E-state index in [-0.39, 0.29) is 32.5 Å². The van der Waals surface area contributed by atoms with E-state index in [1.54, 1.807) is 4.57 Å². The molecule has 1 aliphatic rings. The van der Waals surface area contributed by atoms with Crippen molar-refractivity contribution in [2.24, 2.45) is 0 Å². The SMILES string of the molecule is CCCCCn1c(=O)[nH]c(=O)c2[nH]c(C3C[I-]3)nc21. The number of H-pyrrole nitrogens is 2. The summed E-state index contributed by atoms with van der Waals surface area (Å²) in [4.78, 5) is 33.7. The summed E-state index contributed by atoms with van der Waals surface area (Å²) in [5.74, 6) is 0.892. The molecular weight excluding hydrogens is 359 g/mol. The normalized spacial score (nSPS) is 18.5. The van der Waals surface area contributed by atoms with Gasteiger partial charge in [0.2, 0.25) is 0 Å². The Labute approximate surface area is 119 Å². The van der Waals surface area contributed by atoms with Crippen molar-refractivity contribution in [2.75, 3.05) is 4.43 Å². The summed E-state index contributed by atoms with van der Waals surface area (Å²) in [5, 5.41) is 0. The molecule has 1 fully saturated rings. The van der Waals surface area contributed by atoms with Gasteiger partial charge in [-0.25, -0.2) is 0 Å². The van der Waals surface area contributed by atoms with Gasteiger partial charge in [0.15, 0.2) is 0 Å². The number of fused-ring (bicyclic) bond motifs is 1. The third kappa shape index (κ3) is 2.47. The van der Waals surface area contributed by atoms with E-state index in [1.807, 2.05) is 0 Å². The summed E-state index contributed by atoms with van der Waals surface area (Å²) in [7, 11) is 0. The van der Waals surface area contributed by atoms with Gasteiger partial charge < -0.3 is 0 Å². The van der Waals surface area contributed by atoms with E-state index < -0.39 is 0 Å². The fourth-order valence-corrected chi connectivity index (χ4v) is 3.51. The topological polar surface area (TPSA) is 83.5 Å². The van der Waals surface area contributed by atoms with Gasteiger partial charge in [0, 0.05) is 0 Å². The number of hydrogen-bond donors (Lipinski definition) is 2. The second-order valence-corrected chi connectivity index (χ2v) is 7.98. The first kappa shape index (κ1) is 12.9. The van der Waals surface area contributed by atoms with Crippen LogP contribution in [0.15, 0.2) is 9.59 Å². The van der Waals surface area contributed by atoms with Crippen LogP contribution in [0.25, 0.3) is 11.2 Å². The Hall–Kier alpha value is -1.12. The summed E-state index contributed by atoms with van der Waals surface area (Å²) in [6.45, 7) is 2.73. The van der Waals surface area contributed by atoms with Crippen LogP contribution in [0.5, 0.6) is 0 Å². The maximum absolute atomic E-state index is 11.9. The van der Waals surface area contributed by atoms with Crippen LogP contribution in [0.1, 0.15) is 35.9 Å². The minimum absolute atomic E-state index is 0.222. The van der Waals surface area contributed by atoms with E-state index in [9.17, 15) is 9.59 Å². The molecule has 1 saturated heterocycles. The average Bonchev–Trinajstić information content (AvgIpc) is 3.13. The number of hydrogen-bond acceptors (Lipinski definition) is 3. The zero-order valence-corrected chi connectivity index (χ0v) is 12.9. The third-order valence-electron chi connectivity index (χ3n) is 3.24. The van der Waals surface area contributed by atoms with Gasteiger partial charge >= 0.3 is 120 Å². The molecule has 104 valence electrons. The number of nitrogens with one attached hydrogen (secondary N) is 2. The number of nitrogens with zero attached hydrogens (tertiary/aromatic N) is 2. The number of imidazole rings is 1. The number of rotatable bonds is 5. The minimum atomic E-state index is -0.357. The molecule has 0 radical (unpaired) electrons. The van der Waals surface area contributed by atoms with Crippen molar-refractivity contribution >= 4 is 11.2 Å². The average molecular weight is 375 g/mol. The van der Waals surface area contributed by atoms with Gasteiger partial charge in [-0.05, 0) is 0 Å². The molecule has 3 heterocycles. The molecule has 2 N–H and O–H groups in total. The van der Waals surface area contributed by atoms with Crippen LogP contribution in [0.2, 0.25) is 0 Å². The van der Waals surface area contributed by atoms with Crippen molar-refractivity contribution in [2.45, 2.75) is 36.7 Å². The number of aromatic amines is 2. The van der Waals surface area contributed by atoms with E-state index >= 15 is 0 Å². The fraction of sp³-hybridized carbons (Fsp3) is 0.583. The Morgan fingerprint density at radius 2 is 2.16 bits per heavy atom. The number of aromatic nitrogens is 4. The molecular formula is C12H16IN4O2-. The van der Waals surface area contributed by atoms with Gasteiger partial charge in [-0.15, -0.1) is 0 Å². The van der Waals surface area contributed by atoms with Crippen molar-refractivity contribution < 1.29 is 21.2 Å². The third-order valence-corrected chi connectivity index (χ3v) is 5.59. The Morgan fingerprint density at radius 1 is 1.37 bits per heavy atom. The molecule has 2 aromatic rings. The Kier molecular flexibility index (Phi) is 3.46. The molecule has 3 rings (SSSR count). The number of alkyl halides is 2. The van der Waals surface area contributed by atoms with E-state index in [0.29, 0.717) is 21.6 Å². The van der Waals surface area contributed by atoms with Crippen LogP contribution in [0, 0.1) is 0 Å². The van der Waals surface area contributed by atoms with Crippen molar-refractivity contribution in [3.63, 3.8) is 0 Å². The molecule has 7 heteroatoms. The Balaban J connectivity index is 2.08. The van der Waals surface area contributed by atoms with Crippen LogP contribution < -0.4 is 32.5 Å². The van der Waals surface area contributed by atoms with Gasteiger partial charge in [0.05, 0.1) is 0 Å². The van der Waals surface area contributed by atoms with E-state index in [1.165, 1.54) is 4.43 Å². The molecule has 6 nitrogen and oxygen atoms in total. The van der Waals surface area contributed by atoms with Gasteiger partial charge in [0.1, 0.15) is 0 Å². The van der Waals surface area contributed by atoms with Gasteiger partial charge in [-0.2, -0.15) is 0 Å². The Morgan fingerprint density at radius 3 is 2.84 bits per heavy atom. The molecule has 0 saturated carbocycles. The monoisotopic (exact) mass is 375 g/mol. The molecule has 0 spiro atoms. The molecule has 1 atom stereocenters. The quantitative estimate of drug-likeness (QED) is 0.352. The number of unbranched alkanes of at least 4 members (excludes halogenated alkanes) is 2. The van der Waals surface area contributed by atoms with Crippen LogP contribution >= 0.6 is 0 Å². The molecule has 0 amide bonds. The first-order chi connectivity index (χ1) is 9.20. The predicted molar refractivity (Wildman–Crippen MR) is 68.1 cm³/mol. The Bertz CT molecular complexity index is 711. The first-order valence-electron chi connectivity index (χ1n) is 6.51.